The SMILES string of the molecule is CC(/C=C/c1ccc(Cl)cc1)=C(C(=O)O)C(=O)O. The molecule has 0 aliphatic rings. The Hall–Kier alpha value is -2.07. The van der Waals surface area contributed by atoms with E-state index in [-0.39, 0.29) is 5.57 Å². The van der Waals surface area contributed by atoms with Crippen LogP contribution in [0.3, 0.4) is 0 Å². The van der Waals surface area contributed by atoms with Gasteiger partial charge in [-0.3, -0.25) is 0 Å². The van der Waals surface area contributed by atoms with Crippen molar-refractivity contribution in [2.45, 2.75) is 6.92 Å². The van der Waals surface area contributed by atoms with E-state index in [4.69, 9.17) is 21.8 Å². The fraction of sp³-hybridized carbons (Fsp3) is 0.0769. The average molecular weight is 267 g/mol. The Morgan fingerprint density at radius 3 is 2.06 bits per heavy atom. The lowest BCUT2D eigenvalue weighted by molar-refractivity contribution is -0.140. The maximum Gasteiger partial charge on any atom is 0.343 e. The summed E-state index contributed by atoms with van der Waals surface area (Å²) < 4.78 is 0. The Kier molecular flexibility index (Phi) is 4.68. The second kappa shape index (κ2) is 6.02. The quantitative estimate of drug-likeness (QED) is 0.380. The Labute approximate surface area is 109 Å². The Morgan fingerprint density at radius 2 is 1.61 bits per heavy atom. The number of halogens is 1. The van der Waals surface area contributed by atoms with Crippen LogP contribution in [0.1, 0.15) is 12.5 Å². The van der Waals surface area contributed by atoms with Gasteiger partial charge in [-0.05, 0) is 30.2 Å². The smallest absolute Gasteiger partial charge is 0.343 e. The van der Waals surface area contributed by atoms with Crippen LogP contribution in [0.25, 0.3) is 6.08 Å². The van der Waals surface area contributed by atoms with Gasteiger partial charge in [0.2, 0.25) is 0 Å². The van der Waals surface area contributed by atoms with Crippen molar-refractivity contribution in [1.82, 2.24) is 0 Å². The summed E-state index contributed by atoms with van der Waals surface area (Å²) in [5.74, 6) is -2.92. The van der Waals surface area contributed by atoms with Crippen molar-refractivity contribution in [2.24, 2.45) is 0 Å². The average Bonchev–Trinajstić information content (AvgIpc) is 2.27. The van der Waals surface area contributed by atoms with Gasteiger partial charge in [-0.15, -0.1) is 0 Å². The minimum absolute atomic E-state index is 0.171. The molecular formula is C13H11ClO4. The number of carboxylic acid groups (broad SMARTS) is 2. The van der Waals surface area contributed by atoms with E-state index >= 15 is 0 Å². The third kappa shape index (κ3) is 3.75. The normalized spacial score (nSPS) is 10.3. The minimum Gasteiger partial charge on any atom is -0.477 e. The van der Waals surface area contributed by atoms with Crippen LogP contribution in [0.4, 0.5) is 0 Å². The number of hydrogen-bond donors (Lipinski definition) is 2. The van der Waals surface area contributed by atoms with Crippen molar-refractivity contribution >= 4 is 29.6 Å². The highest BCUT2D eigenvalue weighted by Crippen LogP contribution is 2.13. The summed E-state index contributed by atoms with van der Waals surface area (Å²) in [4.78, 5) is 21.5. The van der Waals surface area contributed by atoms with Gasteiger partial charge in [0.1, 0.15) is 5.57 Å². The molecule has 0 bridgehead atoms. The second-order valence-electron chi connectivity index (χ2n) is 3.55. The van der Waals surface area contributed by atoms with Gasteiger partial charge in [0.15, 0.2) is 0 Å². The summed E-state index contributed by atoms with van der Waals surface area (Å²) >= 11 is 5.72. The van der Waals surface area contributed by atoms with Crippen LogP contribution in [-0.4, -0.2) is 22.2 Å². The lowest BCUT2D eigenvalue weighted by atomic mass is 10.1. The van der Waals surface area contributed by atoms with Crippen LogP contribution in [0.15, 0.2) is 41.5 Å². The molecule has 94 valence electrons. The highest BCUT2D eigenvalue weighted by atomic mass is 35.5. The molecule has 0 saturated carbocycles. The number of carbonyl (C=O) groups is 2. The van der Waals surface area contributed by atoms with E-state index in [0.29, 0.717) is 5.02 Å². The number of allylic oxidation sites excluding steroid dienone is 2. The molecule has 0 saturated heterocycles. The van der Waals surface area contributed by atoms with Crippen molar-refractivity contribution in [1.29, 1.82) is 0 Å². The molecular weight excluding hydrogens is 256 g/mol. The van der Waals surface area contributed by atoms with Crippen LogP contribution >= 0.6 is 11.6 Å². The first kappa shape index (κ1) is 14.0. The molecule has 0 amide bonds. The van der Waals surface area contributed by atoms with E-state index in [1.165, 1.54) is 13.0 Å². The van der Waals surface area contributed by atoms with Gasteiger partial charge in [-0.25, -0.2) is 9.59 Å². The standard InChI is InChI=1S/C13H11ClO4/c1-8(11(12(15)16)13(17)18)2-3-9-4-6-10(14)7-5-9/h2-7H,1H3,(H,15,16)(H,17,18)/b3-2+. The molecule has 0 atom stereocenters. The lowest BCUT2D eigenvalue weighted by Gasteiger charge is -1.99. The first-order valence-corrected chi connectivity index (χ1v) is 5.40. The molecule has 0 heterocycles. The first-order valence-electron chi connectivity index (χ1n) is 5.03. The highest BCUT2D eigenvalue weighted by Gasteiger charge is 2.17. The van der Waals surface area contributed by atoms with Crippen molar-refractivity contribution in [3.8, 4) is 0 Å². The predicted molar refractivity (Wildman–Crippen MR) is 68.5 cm³/mol. The summed E-state index contributed by atoms with van der Waals surface area (Å²) in [6.45, 7) is 1.43. The van der Waals surface area contributed by atoms with Gasteiger partial charge in [-0.2, -0.15) is 0 Å². The molecule has 0 spiro atoms. The second-order valence-corrected chi connectivity index (χ2v) is 3.99. The molecule has 0 aliphatic carbocycles. The summed E-state index contributed by atoms with van der Waals surface area (Å²) in [5.41, 5.74) is 0.332. The van der Waals surface area contributed by atoms with E-state index in [1.807, 2.05) is 0 Å². The van der Waals surface area contributed by atoms with Crippen molar-refractivity contribution in [3.63, 3.8) is 0 Å². The molecule has 0 unspecified atom stereocenters. The molecule has 2 N–H and O–H groups in total. The summed E-state index contributed by atoms with van der Waals surface area (Å²) in [6, 6.07) is 6.87. The molecule has 0 aromatic heterocycles. The lowest BCUT2D eigenvalue weighted by Crippen LogP contribution is -2.12. The van der Waals surface area contributed by atoms with Crippen LogP contribution in [-0.2, 0) is 9.59 Å². The zero-order chi connectivity index (χ0) is 13.7. The van der Waals surface area contributed by atoms with E-state index in [1.54, 1.807) is 30.3 Å². The van der Waals surface area contributed by atoms with Gasteiger partial charge < -0.3 is 10.2 Å². The number of rotatable bonds is 4. The van der Waals surface area contributed by atoms with Crippen molar-refractivity contribution in [3.05, 3.63) is 52.1 Å². The zero-order valence-electron chi connectivity index (χ0n) is 9.55. The Balaban J connectivity index is 3.01. The molecule has 1 aromatic carbocycles. The molecule has 18 heavy (non-hydrogen) atoms. The fourth-order valence-electron chi connectivity index (χ4n) is 1.31. The monoisotopic (exact) mass is 266 g/mol. The van der Waals surface area contributed by atoms with Crippen molar-refractivity contribution in [2.75, 3.05) is 0 Å². The number of aliphatic carboxylic acids is 2. The molecule has 5 heteroatoms. The summed E-state index contributed by atoms with van der Waals surface area (Å²) in [6.07, 6.45) is 3.07. The topological polar surface area (TPSA) is 74.6 Å². The number of benzene rings is 1. The predicted octanol–water partition coefficient (Wildman–Crippen LogP) is 2.84. The van der Waals surface area contributed by atoms with Gasteiger partial charge in [0.25, 0.3) is 0 Å². The Bertz CT molecular complexity index is 510. The molecule has 4 nitrogen and oxygen atoms in total. The van der Waals surface area contributed by atoms with Crippen LogP contribution in [0.5, 0.6) is 0 Å². The third-order valence-corrected chi connectivity index (χ3v) is 2.47. The maximum absolute atomic E-state index is 10.7. The summed E-state index contributed by atoms with van der Waals surface area (Å²) in [7, 11) is 0. The van der Waals surface area contributed by atoms with E-state index < -0.39 is 17.5 Å². The highest BCUT2D eigenvalue weighted by molar-refractivity contribution is 6.30. The molecule has 1 rings (SSSR count). The molecule has 1 aromatic rings. The molecule has 0 aliphatic heterocycles. The zero-order valence-corrected chi connectivity index (χ0v) is 10.3. The summed E-state index contributed by atoms with van der Waals surface area (Å²) in [5, 5.41) is 18.1. The van der Waals surface area contributed by atoms with Gasteiger partial charge in [0, 0.05) is 5.02 Å². The molecule has 0 radical (unpaired) electrons. The largest absolute Gasteiger partial charge is 0.477 e. The van der Waals surface area contributed by atoms with E-state index in [0.717, 1.165) is 5.56 Å². The van der Waals surface area contributed by atoms with Crippen LogP contribution in [0.2, 0.25) is 5.02 Å². The van der Waals surface area contributed by atoms with Gasteiger partial charge >= 0.3 is 11.9 Å². The van der Waals surface area contributed by atoms with E-state index in [9.17, 15) is 9.59 Å². The van der Waals surface area contributed by atoms with Gasteiger partial charge in [-0.1, -0.05) is 35.9 Å². The number of hydrogen-bond acceptors (Lipinski definition) is 2. The minimum atomic E-state index is -1.46. The maximum atomic E-state index is 10.7. The molecule has 0 fully saturated rings. The van der Waals surface area contributed by atoms with E-state index in [2.05, 4.69) is 0 Å². The first-order chi connectivity index (χ1) is 8.41. The van der Waals surface area contributed by atoms with Crippen LogP contribution < -0.4 is 0 Å². The van der Waals surface area contributed by atoms with Crippen LogP contribution in [0, 0.1) is 0 Å². The Morgan fingerprint density at radius 1 is 1.11 bits per heavy atom. The fourth-order valence-corrected chi connectivity index (χ4v) is 1.43. The number of carboxylic acids is 2. The van der Waals surface area contributed by atoms with Crippen molar-refractivity contribution < 1.29 is 19.8 Å². The van der Waals surface area contributed by atoms with Gasteiger partial charge in [0.05, 0.1) is 0 Å². The third-order valence-electron chi connectivity index (χ3n) is 2.22.